The van der Waals surface area contributed by atoms with E-state index < -0.39 is 11.8 Å². The molecule has 0 spiro atoms. The van der Waals surface area contributed by atoms with Crippen LogP contribution in [0.25, 0.3) is 0 Å². The Kier molecular flexibility index (Phi) is 4.35. The van der Waals surface area contributed by atoms with Gasteiger partial charge in [-0.25, -0.2) is 4.90 Å². The second-order valence-electron chi connectivity index (χ2n) is 5.55. The summed E-state index contributed by atoms with van der Waals surface area (Å²) < 4.78 is 0. The molecule has 0 radical (unpaired) electrons. The van der Waals surface area contributed by atoms with Crippen molar-refractivity contribution < 1.29 is 9.59 Å². The summed E-state index contributed by atoms with van der Waals surface area (Å²) in [4.78, 5) is 26.1. The average molecular weight is 361 g/mol. The Morgan fingerprint density at radius 1 is 0.917 bits per heavy atom. The van der Waals surface area contributed by atoms with Crippen molar-refractivity contribution in [1.82, 2.24) is 0 Å². The molecule has 0 aromatic heterocycles. The molecule has 3 rings (SSSR count). The van der Waals surface area contributed by atoms with Crippen LogP contribution in [0.15, 0.2) is 53.2 Å². The Hall–Kier alpha value is -2.30. The summed E-state index contributed by atoms with van der Waals surface area (Å²) in [5, 5.41) is 3.38. The van der Waals surface area contributed by atoms with Gasteiger partial charge >= 0.3 is 0 Å². The maximum Gasteiger partial charge on any atom is 0.283 e. The van der Waals surface area contributed by atoms with Crippen LogP contribution >= 0.6 is 23.2 Å². The van der Waals surface area contributed by atoms with E-state index in [4.69, 9.17) is 23.2 Å². The predicted octanol–water partition coefficient (Wildman–Crippen LogP) is 4.39. The fraction of sp³-hybridized carbons (Fsp3) is 0.111. The van der Waals surface area contributed by atoms with Crippen molar-refractivity contribution in [2.45, 2.75) is 13.8 Å². The largest absolute Gasteiger partial charge is 0.349 e. The van der Waals surface area contributed by atoms with Crippen molar-refractivity contribution in [2.24, 2.45) is 0 Å². The number of hydrogen-bond donors (Lipinski definition) is 1. The van der Waals surface area contributed by atoms with E-state index in [1.807, 2.05) is 32.0 Å². The topological polar surface area (TPSA) is 49.4 Å². The molecule has 122 valence electrons. The fourth-order valence-corrected chi connectivity index (χ4v) is 2.86. The number of carbonyl (C=O) groups is 2. The summed E-state index contributed by atoms with van der Waals surface area (Å²) in [5.41, 5.74) is 3.29. The number of halogens is 2. The van der Waals surface area contributed by atoms with E-state index in [1.54, 1.807) is 24.3 Å². The maximum atomic E-state index is 12.7. The van der Waals surface area contributed by atoms with Crippen LogP contribution < -0.4 is 10.2 Å². The highest BCUT2D eigenvalue weighted by molar-refractivity contribution is 6.53. The van der Waals surface area contributed by atoms with Crippen molar-refractivity contribution >= 4 is 46.4 Å². The molecule has 0 unspecified atom stereocenters. The second-order valence-corrected chi connectivity index (χ2v) is 6.37. The van der Waals surface area contributed by atoms with Gasteiger partial charge in [0.1, 0.15) is 10.7 Å². The minimum atomic E-state index is -0.559. The maximum absolute atomic E-state index is 12.7. The van der Waals surface area contributed by atoms with Crippen LogP contribution in [0.3, 0.4) is 0 Å². The Labute approximate surface area is 149 Å². The number of nitrogens with zero attached hydrogens (tertiary/aromatic N) is 1. The first-order valence-electron chi connectivity index (χ1n) is 7.27. The first-order chi connectivity index (χ1) is 11.4. The third-order valence-corrected chi connectivity index (χ3v) is 4.36. The van der Waals surface area contributed by atoms with Gasteiger partial charge in [0, 0.05) is 10.7 Å². The Morgan fingerprint density at radius 2 is 1.58 bits per heavy atom. The van der Waals surface area contributed by atoms with Gasteiger partial charge in [-0.15, -0.1) is 0 Å². The summed E-state index contributed by atoms with van der Waals surface area (Å²) in [7, 11) is 0. The molecule has 0 saturated heterocycles. The van der Waals surface area contributed by atoms with Crippen LogP contribution in [0.2, 0.25) is 5.02 Å². The zero-order chi connectivity index (χ0) is 17.4. The number of imide groups is 1. The Morgan fingerprint density at radius 3 is 2.21 bits per heavy atom. The van der Waals surface area contributed by atoms with Crippen LogP contribution in [0.1, 0.15) is 11.1 Å². The van der Waals surface area contributed by atoms with E-state index in [0.717, 1.165) is 21.7 Å². The van der Waals surface area contributed by atoms with Crippen molar-refractivity contribution in [3.05, 3.63) is 69.3 Å². The van der Waals surface area contributed by atoms with E-state index in [2.05, 4.69) is 5.32 Å². The van der Waals surface area contributed by atoms with Gasteiger partial charge < -0.3 is 5.32 Å². The number of carbonyl (C=O) groups excluding carboxylic acids is 2. The van der Waals surface area contributed by atoms with Crippen molar-refractivity contribution in [1.29, 1.82) is 0 Å². The number of amides is 2. The average Bonchev–Trinajstić information content (AvgIpc) is 2.74. The molecular weight excluding hydrogens is 347 g/mol. The Balaban J connectivity index is 1.93. The van der Waals surface area contributed by atoms with E-state index in [1.165, 1.54) is 0 Å². The third-order valence-electron chi connectivity index (χ3n) is 3.75. The van der Waals surface area contributed by atoms with Crippen LogP contribution in [0.4, 0.5) is 11.4 Å². The van der Waals surface area contributed by atoms with E-state index in [-0.39, 0.29) is 10.7 Å². The van der Waals surface area contributed by atoms with Gasteiger partial charge in [0.25, 0.3) is 11.8 Å². The smallest absolute Gasteiger partial charge is 0.283 e. The summed E-state index contributed by atoms with van der Waals surface area (Å²) in [5.74, 6) is -1.05. The minimum absolute atomic E-state index is 0.0727. The van der Waals surface area contributed by atoms with Gasteiger partial charge in [-0.1, -0.05) is 40.9 Å². The highest BCUT2D eigenvalue weighted by Gasteiger charge is 2.39. The van der Waals surface area contributed by atoms with Gasteiger partial charge in [0.15, 0.2) is 0 Å². The molecule has 24 heavy (non-hydrogen) atoms. The number of benzene rings is 2. The van der Waals surface area contributed by atoms with Gasteiger partial charge in [0.2, 0.25) is 0 Å². The first-order valence-corrected chi connectivity index (χ1v) is 8.02. The number of nitrogens with one attached hydrogen (secondary N) is 1. The quantitative estimate of drug-likeness (QED) is 0.825. The van der Waals surface area contributed by atoms with Crippen LogP contribution in [-0.4, -0.2) is 11.8 Å². The lowest BCUT2D eigenvalue weighted by molar-refractivity contribution is -0.120. The lowest BCUT2D eigenvalue weighted by atomic mass is 10.1. The molecule has 0 atom stereocenters. The second kappa shape index (κ2) is 6.30. The van der Waals surface area contributed by atoms with Gasteiger partial charge in [0.05, 0.1) is 5.69 Å². The molecule has 0 saturated carbocycles. The molecule has 1 aliphatic rings. The normalized spacial score (nSPS) is 14.6. The van der Waals surface area contributed by atoms with Gasteiger partial charge in [-0.3, -0.25) is 9.59 Å². The summed E-state index contributed by atoms with van der Waals surface area (Å²) in [6.45, 7) is 3.90. The number of aryl methyl sites for hydroxylation is 2. The molecule has 1 aliphatic heterocycles. The van der Waals surface area contributed by atoms with E-state index in [9.17, 15) is 9.59 Å². The first kappa shape index (κ1) is 16.6. The molecule has 4 nitrogen and oxygen atoms in total. The molecule has 6 heteroatoms. The summed E-state index contributed by atoms with van der Waals surface area (Å²) in [6, 6.07) is 12.2. The molecular formula is C18H14Cl2N2O2. The van der Waals surface area contributed by atoms with Crippen LogP contribution in [0, 0.1) is 13.8 Å². The lowest BCUT2D eigenvalue weighted by Gasteiger charge is -2.15. The summed E-state index contributed by atoms with van der Waals surface area (Å²) in [6.07, 6.45) is 0. The molecule has 0 fully saturated rings. The highest BCUT2D eigenvalue weighted by atomic mass is 35.5. The number of hydrogen-bond acceptors (Lipinski definition) is 3. The van der Waals surface area contributed by atoms with Crippen molar-refractivity contribution in [2.75, 3.05) is 10.2 Å². The van der Waals surface area contributed by atoms with Crippen molar-refractivity contribution in [3.63, 3.8) is 0 Å². The van der Waals surface area contributed by atoms with Gasteiger partial charge in [-0.05, 0) is 49.7 Å². The Bertz CT molecular complexity index is 873. The zero-order valence-electron chi connectivity index (χ0n) is 13.1. The molecule has 2 amide bonds. The molecule has 2 aromatic rings. The number of rotatable bonds is 3. The van der Waals surface area contributed by atoms with E-state index in [0.29, 0.717) is 10.7 Å². The molecule has 1 heterocycles. The standard InChI is InChI=1S/C18H14Cl2N2O2/c1-10-3-8-14(11(2)9-10)21-16-15(20)17(23)22(18(16)24)13-6-4-12(19)5-7-13/h3-9,21H,1-2H3. The summed E-state index contributed by atoms with van der Waals surface area (Å²) >= 11 is 12.0. The molecule has 2 aromatic carbocycles. The lowest BCUT2D eigenvalue weighted by Crippen LogP contribution is -2.32. The highest BCUT2D eigenvalue weighted by Crippen LogP contribution is 2.31. The predicted molar refractivity (Wildman–Crippen MR) is 96.4 cm³/mol. The van der Waals surface area contributed by atoms with Crippen LogP contribution in [0.5, 0.6) is 0 Å². The van der Waals surface area contributed by atoms with Gasteiger partial charge in [-0.2, -0.15) is 0 Å². The van der Waals surface area contributed by atoms with E-state index >= 15 is 0 Å². The minimum Gasteiger partial charge on any atom is -0.349 e. The van der Waals surface area contributed by atoms with Crippen LogP contribution in [-0.2, 0) is 9.59 Å². The molecule has 0 bridgehead atoms. The van der Waals surface area contributed by atoms with Crippen molar-refractivity contribution in [3.8, 4) is 0 Å². The molecule has 0 aliphatic carbocycles. The number of anilines is 2. The third kappa shape index (κ3) is 2.90. The fourth-order valence-electron chi connectivity index (χ4n) is 2.52. The molecule has 1 N–H and O–H groups in total. The SMILES string of the molecule is Cc1ccc(NC2=C(Cl)C(=O)N(c3ccc(Cl)cc3)C2=O)c(C)c1. The monoisotopic (exact) mass is 360 g/mol. The zero-order valence-corrected chi connectivity index (χ0v) is 14.6.